The number of anilines is 1. The van der Waals surface area contributed by atoms with Crippen molar-refractivity contribution < 1.29 is 4.42 Å². The largest absolute Gasteiger partial charge is 0.448 e. The number of rotatable bonds is 1. The summed E-state index contributed by atoms with van der Waals surface area (Å²) in [6.45, 7) is 4.06. The Morgan fingerprint density at radius 2 is 2.06 bits per heavy atom. The molecule has 0 spiro atoms. The first kappa shape index (κ1) is 11.3. The maximum atomic E-state index is 6.16. The van der Waals surface area contributed by atoms with Gasteiger partial charge < -0.3 is 10.2 Å². The summed E-state index contributed by atoms with van der Waals surface area (Å²) in [5.41, 5.74) is 9.90. The molecular weight excluding hydrogens is 294 g/mol. The van der Waals surface area contributed by atoms with Crippen LogP contribution in [-0.4, -0.2) is 9.38 Å². The van der Waals surface area contributed by atoms with E-state index in [2.05, 4.69) is 27.0 Å². The van der Waals surface area contributed by atoms with E-state index in [1.807, 2.05) is 36.4 Å². The molecule has 3 aromatic rings. The van der Waals surface area contributed by atoms with Gasteiger partial charge in [0.1, 0.15) is 17.2 Å². The first-order valence-electron chi connectivity index (χ1n) is 5.57. The number of imidazole rings is 1. The zero-order valence-corrected chi connectivity index (χ0v) is 11.7. The predicted molar refractivity (Wildman–Crippen MR) is 74.5 cm³/mol. The Balaban J connectivity index is 2.32. The van der Waals surface area contributed by atoms with E-state index < -0.39 is 0 Å². The third-order valence-electron chi connectivity index (χ3n) is 2.89. The number of hydrogen-bond acceptors (Lipinski definition) is 3. The fraction of sp³-hybridized carbons (Fsp3) is 0.154. The number of nitrogen functional groups attached to an aromatic ring is 1. The Morgan fingerprint density at radius 1 is 1.28 bits per heavy atom. The van der Waals surface area contributed by atoms with Crippen molar-refractivity contribution >= 4 is 27.4 Å². The van der Waals surface area contributed by atoms with Gasteiger partial charge in [-0.05, 0) is 59.6 Å². The average molecular weight is 306 g/mol. The van der Waals surface area contributed by atoms with E-state index >= 15 is 0 Å². The van der Waals surface area contributed by atoms with Gasteiger partial charge in [-0.2, -0.15) is 0 Å². The van der Waals surface area contributed by atoms with Gasteiger partial charge in [0, 0.05) is 5.69 Å². The number of hydrogen-bond donors (Lipinski definition) is 1. The summed E-state index contributed by atoms with van der Waals surface area (Å²) in [6, 6.07) is 7.76. The summed E-state index contributed by atoms with van der Waals surface area (Å²) in [4.78, 5) is 4.54. The molecule has 18 heavy (non-hydrogen) atoms. The lowest BCUT2D eigenvalue weighted by molar-refractivity contribution is 0.554. The van der Waals surface area contributed by atoms with Crippen LogP contribution in [0.3, 0.4) is 0 Å². The summed E-state index contributed by atoms with van der Waals surface area (Å²) in [5.74, 6) is 1.27. The number of aromatic nitrogens is 2. The van der Waals surface area contributed by atoms with E-state index in [0.29, 0.717) is 21.9 Å². The second-order valence-corrected chi connectivity index (χ2v) is 5.10. The fourth-order valence-corrected chi connectivity index (χ4v) is 2.49. The van der Waals surface area contributed by atoms with Gasteiger partial charge in [0.15, 0.2) is 10.4 Å². The number of nitrogens with two attached hydrogens (primary N) is 1. The van der Waals surface area contributed by atoms with Gasteiger partial charge in [-0.25, -0.2) is 4.98 Å². The molecule has 5 heteroatoms. The standard InChI is InChI=1S/C13H12BrN3O/c1-7-5-8(2)17-11(6-7)16-12(13(17)15)9-3-4-10(14)18-9/h3-6H,15H2,1-2H3. The number of halogens is 1. The SMILES string of the molecule is Cc1cc(C)n2c(N)c(-c3ccc(Br)o3)nc2c1. The number of nitrogens with zero attached hydrogens (tertiary/aromatic N) is 2. The van der Waals surface area contributed by atoms with E-state index in [1.165, 1.54) is 0 Å². The number of fused-ring (bicyclic) bond motifs is 1. The lowest BCUT2D eigenvalue weighted by Gasteiger charge is -2.03. The van der Waals surface area contributed by atoms with Crippen LogP contribution in [0.25, 0.3) is 17.1 Å². The predicted octanol–water partition coefficient (Wildman–Crippen LogP) is 3.56. The third-order valence-corrected chi connectivity index (χ3v) is 3.32. The Labute approximate surface area is 113 Å². The summed E-state index contributed by atoms with van der Waals surface area (Å²) in [7, 11) is 0. The number of aryl methyl sites for hydroxylation is 2. The first-order chi connectivity index (χ1) is 8.56. The van der Waals surface area contributed by atoms with Gasteiger partial charge in [-0.1, -0.05) is 0 Å². The topological polar surface area (TPSA) is 56.5 Å². The summed E-state index contributed by atoms with van der Waals surface area (Å²) < 4.78 is 8.11. The molecule has 0 aromatic carbocycles. The molecule has 0 aliphatic rings. The molecule has 0 aliphatic carbocycles. The van der Waals surface area contributed by atoms with Crippen LogP contribution in [0.1, 0.15) is 11.3 Å². The normalized spacial score (nSPS) is 11.3. The van der Waals surface area contributed by atoms with Crippen LogP contribution < -0.4 is 5.73 Å². The van der Waals surface area contributed by atoms with Crippen LogP contribution in [-0.2, 0) is 0 Å². The maximum absolute atomic E-state index is 6.16. The van der Waals surface area contributed by atoms with Crippen LogP contribution in [0.2, 0.25) is 0 Å². The molecular formula is C13H12BrN3O. The zero-order valence-electron chi connectivity index (χ0n) is 10.1. The Hall–Kier alpha value is -1.75. The molecule has 3 heterocycles. The molecule has 2 N–H and O–H groups in total. The second kappa shape index (κ2) is 3.88. The van der Waals surface area contributed by atoms with Gasteiger partial charge in [-0.3, -0.25) is 4.40 Å². The molecule has 0 atom stereocenters. The minimum absolute atomic E-state index is 0.601. The monoisotopic (exact) mass is 305 g/mol. The van der Waals surface area contributed by atoms with Crippen molar-refractivity contribution in [2.75, 3.05) is 5.73 Å². The van der Waals surface area contributed by atoms with Crippen molar-refractivity contribution in [2.24, 2.45) is 0 Å². The van der Waals surface area contributed by atoms with Crippen LogP contribution in [0.15, 0.2) is 33.4 Å². The van der Waals surface area contributed by atoms with E-state index in [-0.39, 0.29) is 0 Å². The fourth-order valence-electron chi connectivity index (χ4n) is 2.18. The highest BCUT2D eigenvalue weighted by molar-refractivity contribution is 9.10. The molecule has 0 unspecified atom stereocenters. The van der Waals surface area contributed by atoms with Gasteiger partial charge in [0.2, 0.25) is 0 Å². The lowest BCUT2D eigenvalue weighted by Crippen LogP contribution is -1.98. The highest BCUT2D eigenvalue weighted by Crippen LogP contribution is 2.30. The van der Waals surface area contributed by atoms with Gasteiger partial charge in [0.05, 0.1) is 0 Å². The van der Waals surface area contributed by atoms with E-state index in [1.54, 1.807) is 0 Å². The van der Waals surface area contributed by atoms with Gasteiger partial charge >= 0.3 is 0 Å². The Kier molecular flexibility index (Phi) is 2.45. The molecule has 4 nitrogen and oxygen atoms in total. The van der Waals surface area contributed by atoms with E-state index in [9.17, 15) is 0 Å². The average Bonchev–Trinajstić information content (AvgIpc) is 2.83. The quantitative estimate of drug-likeness (QED) is 0.748. The third kappa shape index (κ3) is 1.62. The Morgan fingerprint density at radius 3 is 2.72 bits per heavy atom. The van der Waals surface area contributed by atoms with Crippen molar-refractivity contribution in [3.63, 3.8) is 0 Å². The molecule has 3 rings (SSSR count). The highest BCUT2D eigenvalue weighted by Gasteiger charge is 2.15. The summed E-state index contributed by atoms with van der Waals surface area (Å²) in [5, 5.41) is 0. The first-order valence-corrected chi connectivity index (χ1v) is 6.36. The van der Waals surface area contributed by atoms with Crippen molar-refractivity contribution in [3.8, 4) is 11.5 Å². The minimum atomic E-state index is 0.601. The summed E-state index contributed by atoms with van der Waals surface area (Å²) in [6.07, 6.45) is 0. The molecule has 0 bridgehead atoms. The highest BCUT2D eigenvalue weighted by atomic mass is 79.9. The van der Waals surface area contributed by atoms with E-state index in [0.717, 1.165) is 16.9 Å². The van der Waals surface area contributed by atoms with Crippen molar-refractivity contribution in [1.82, 2.24) is 9.38 Å². The molecule has 0 saturated carbocycles. The minimum Gasteiger partial charge on any atom is -0.448 e. The molecule has 0 radical (unpaired) electrons. The zero-order chi connectivity index (χ0) is 12.9. The molecule has 0 saturated heterocycles. The van der Waals surface area contributed by atoms with Crippen LogP contribution >= 0.6 is 15.9 Å². The maximum Gasteiger partial charge on any atom is 0.169 e. The number of furan rings is 1. The lowest BCUT2D eigenvalue weighted by atomic mass is 10.2. The van der Waals surface area contributed by atoms with E-state index in [4.69, 9.17) is 10.2 Å². The molecule has 92 valence electrons. The summed E-state index contributed by atoms with van der Waals surface area (Å²) >= 11 is 3.28. The van der Waals surface area contributed by atoms with Gasteiger partial charge in [0.25, 0.3) is 0 Å². The van der Waals surface area contributed by atoms with Crippen LogP contribution in [0.4, 0.5) is 5.82 Å². The molecule has 0 fully saturated rings. The van der Waals surface area contributed by atoms with Crippen molar-refractivity contribution in [2.45, 2.75) is 13.8 Å². The Bertz CT molecular complexity index is 742. The molecule has 0 aliphatic heterocycles. The molecule has 0 amide bonds. The number of pyridine rings is 1. The smallest absolute Gasteiger partial charge is 0.169 e. The van der Waals surface area contributed by atoms with Crippen molar-refractivity contribution in [1.29, 1.82) is 0 Å². The van der Waals surface area contributed by atoms with Crippen LogP contribution in [0.5, 0.6) is 0 Å². The molecule has 3 aromatic heterocycles. The van der Waals surface area contributed by atoms with Gasteiger partial charge in [-0.15, -0.1) is 0 Å². The van der Waals surface area contributed by atoms with Crippen LogP contribution in [0, 0.1) is 13.8 Å². The second-order valence-electron chi connectivity index (χ2n) is 4.32. The van der Waals surface area contributed by atoms with Crippen molar-refractivity contribution in [3.05, 3.63) is 40.2 Å².